The van der Waals surface area contributed by atoms with Gasteiger partial charge in [-0.05, 0) is 6.92 Å². The van der Waals surface area contributed by atoms with Crippen LogP contribution >= 0.6 is 0 Å². The molecule has 0 aliphatic rings. The zero-order valence-corrected chi connectivity index (χ0v) is 4.82. The lowest BCUT2D eigenvalue weighted by molar-refractivity contribution is -0.180. The summed E-state index contributed by atoms with van der Waals surface area (Å²) in [6.07, 6.45) is -1.16. The normalized spacial score (nSPS) is 13.0. The van der Waals surface area contributed by atoms with Crippen molar-refractivity contribution in [2.75, 3.05) is 7.11 Å². The van der Waals surface area contributed by atoms with Gasteiger partial charge in [-0.1, -0.05) is 6.08 Å². The maximum absolute atomic E-state index is 11.8. The standard InChI is InChI=1S/C5H8F2O/c1-3-4-5(6,7)8-2/h3-4H,1-2H3. The van der Waals surface area contributed by atoms with Crippen molar-refractivity contribution >= 4 is 0 Å². The monoisotopic (exact) mass is 122 g/mol. The molecule has 0 rings (SSSR count). The molecule has 0 radical (unpaired) electrons. The maximum atomic E-state index is 11.8. The Morgan fingerprint density at radius 2 is 2.00 bits per heavy atom. The van der Waals surface area contributed by atoms with Gasteiger partial charge < -0.3 is 4.74 Å². The summed E-state index contributed by atoms with van der Waals surface area (Å²) in [6.45, 7) is 1.51. The van der Waals surface area contributed by atoms with Crippen LogP contribution < -0.4 is 0 Å². The van der Waals surface area contributed by atoms with Gasteiger partial charge in [0.25, 0.3) is 0 Å². The lowest BCUT2D eigenvalue weighted by Gasteiger charge is -2.06. The van der Waals surface area contributed by atoms with Crippen molar-refractivity contribution in [1.82, 2.24) is 0 Å². The minimum Gasteiger partial charge on any atom is -0.320 e. The minimum atomic E-state index is -3.09. The molecular weight excluding hydrogens is 114 g/mol. The largest absolute Gasteiger partial charge is 0.376 e. The molecule has 0 heterocycles. The first-order valence-electron chi connectivity index (χ1n) is 2.19. The van der Waals surface area contributed by atoms with Gasteiger partial charge in [-0.15, -0.1) is 0 Å². The van der Waals surface area contributed by atoms with Crippen LogP contribution in [0.4, 0.5) is 8.78 Å². The number of allylic oxidation sites excluding steroid dienone is 1. The number of hydrogen-bond acceptors (Lipinski definition) is 1. The van der Waals surface area contributed by atoms with E-state index in [2.05, 4.69) is 4.74 Å². The molecule has 1 nitrogen and oxygen atoms in total. The van der Waals surface area contributed by atoms with E-state index in [1.807, 2.05) is 0 Å². The Labute approximate surface area is 47.0 Å². The lowest BCUT2D eigenvalue weighted by atomic mass is 10.5. The molecule has 8 heavy (non-hydrogen) atoms. The molecule has 3 heteroatoms. The van der Waals surface area contributed by atoms with E-state index >= 15 is 0 Å². The average molecular weight is 122 g/mol. The maximum Gasteiger partial charge on any atom is 0.376 e. The molecule has 0 fully saturated rings. The second-order valence-corrected chi connectivity index (χ2v) is 1.27. The number of alkyl halides is 2. The fourth-order valence-corrected chi connectivity index (χ4v) is 0.262. The predicted molar refractivity (Wildman–Crippen MR) is 26.8 cm³/mol. The van der Waals surface area contributed by atoms with E-state index in [0.717, 1.165) is 7.11 Å². The fraction of sp³-hybridized carbons (Fsp3) is 0.600. The molecule has 0 aliphatic heterocycles. The average Bonchev–Trinajstić information content (AvgIpc) is 1.67. The summed E-state index contributed by atoms with van der Waals surface area (Å²) in [5, 5.41) is 0. The Morgan fingerprint density at radius 1 is 1.50 bits per heavy atom. The summed E-state index contributed by atoms with van der Waals surface area (Å²) in [5.41, 5.74) is 0. The van der Waals surface area contributed by atoms with Crippen molar-refractivity contribution in [2.24, 2.45) is 0 Å². The molecule has 0 unspecified atom stereocenters. The van der Waals surface area contributed by atoms with Crippen LogP contribution in [-0.4, -0.2) is 13.2 Å². The van der Waals surface area contributed by atoms with E-state index in [-0.39, 0.29) is 0 Å². The van der Waals surface area contributed by atoms with Gasteiger partial charge in [-0.3, -0.25) is 0 Å². The van der Waals surface area contributed by atoms with Crippen LogP contribution in [-0.2, 0) is 4.74 Å². The van der Waals surface area contributed by atoms with Crippen LogP contribution in [0.5, 0.6) is 0 Å². The van der Waals surface area contributed by atoms with Crippen LogP contribution in [0.1, 0.15) is 6.92 Å². The zero-order valence-electron chi connectivity index (χ0n) is 4.82. The quantitative estimate of drug-likeness (QED) is 0.507. The number of ether oxygens (including phenoxy) is 1. The first kappa shape index (κ1) is 7.56. The van der Waals surface area contributed by atoms with E-state index in [4.69, 9.17) is 0 Å². The van der Waals surface area contributed by atoms with Crippen molar-refractivity contribution in [1.29, 1.82) is 0 Å². The summed E-state index contributed by atoms with van der Waals surface area (Å²) in [6, 6.07) is 0. The van der Waals surface area contributed by atoms with Crippen molar-refractivity contribution in [3.63, 3.8) is 0 Å². The molecule has 0 amide bonds. The molecule has 0 aromatic rings. The van der Waals surface area contributed by atoms with Gasteiger partial charge in [0.15, 0.2) is 0 Å². The second-order valence-electron chi connectivity index (χ2n) is 1.27. The lowest BCUT2D eigenvalue weighted by Crippen LogP contribution is -2.13. The molecule has 0 aromatic carbocycles. The van der Waals surface area contributed by atoms with Crippen LogP contribution in [0.25, 0.3) is 0 Å². The first-order valence-corrected chi connectivity index (χ1v) is 2.19. The molecule has 0 spiro atoms. The Kier molecular flexibility index (Phi) is 2.62. The Hall–Kier alpha value is -0.440. The van der Waals surface area contributed by atoms with Crippen molar-refractivity contribution < 1.29 is 13.5 Å². The number of halogens is 2. The molecule has 0 saturated heterocycles. The molecule has 0 bridgehead atoms. The highest BCUT2D eigenvalue weighted by Gasteiger charge is 2.22. The van der Waals surface area contributed by atoms with Crippen molar-refractivity contribution in [2.45, 2.75) is 13.0 Å². The van der Waals surface area contributed by atoms with Crippen LogP contribution in [0.2, 0.25) is 0 Å². The van der Waals surface area contributed by atoms with Crippen LogP contribution in [0, 0.1) is 0 Å². The third-order valence-corrected chi connectivity index (χ3v) is 0.633. The van der Waals surface area contributed by atoms with Gasteiger partial charge in [0.05, 0.1) is 0 Å². The SMILES string of the molecule is CC=CC(F)(F)OC. The van der Waals surface area contributed by atoms with Gasteiger partial charge in [-0.25, -0.2) is 0 Å². The Balaban J connectivity index is 3.71. The van der Waals surface area contributed by atoms with Crippen molar-refractivity contribution in [3.8, 4) is 0 Å². The molecule has 0 saturated carbocycles. The summed E-state index contributed by atoms with van der Waals surface area (Å²) in [4.78, 5) is 0. The third kappa shape index (κ3) is 2.69. The Bertz CT molecular complexity index is 88.4. The van der Waals surface area contributed by atoms with E-state index < -0.39 is 6.11 Å². The minimum absolute atomic E-state index is 0.688. The van der Waals surface area contributed by atoms with Crippen LogP contribution in [0.3, 0.4) is 0 Å². The highest BCUT2D eigenvalue weighted by molar-refractivity contribution is 4.85. The first-order chi connectivity index (χ1) is 3.62. The number of rotatable bonds is 2. The fourth-order valence-electron chi connectivity index (χ4n) is 0.262. The second kappa shape index (κ2) is 2.77. The van der Waals surface area contributed by atoms with Crippen molar-refractivity contribution in [3.05, 3.63) is 12.2 Å². The molecular formula is C5H8F2O. The smallest absolute Gasteiger partial charge is 0.320 e. The molecule has 0 atom stereocenters. The molecule has 0 N–H and O–H groups in total. The summed E-state index contributed by atoms with van der Waals surface area (Å²) < 4.78 is 27.4. The van der Waals surface area contributed by atoms with E-state index in [0.29, 0.717) is 6.08 Å². The predicted octanol–water partition coefficient (Wildman–Crippen LogP) is 1.80. The van der Waals surface area contributed by atoms with E-state index in [1.165, 1.54) is 13.0 Å². The molecule has 0 aliphatic carbocycles. The van der Waals surface area contributed by atoms with Gasteiger partial charge >= 0.3 is 6.11 Å². The van der Waals surface area contributed by atoms with Gasteiger partial charge in [0.2, 0.25) is 0 Å². The summed E-state index contributed by atoms with van der Waals surface area (Å²) in [7, 11) is 0.958. The summed E-state index contributed by atoms with van der Waals surface area (Å²) >= 11 is 0. The van der Waals surface area contributed by atoms with E-state index in [9.17, 15) is 8.78 Å². The Morgan fingerprint density at radius 3 is 2.12 bits per heavy atom. The van der Waals surface area contributed by atoms with Gasteiger partial charge in [-0.2, -0.15) is 8.78 Å². The third-order valence-electron chi connectivity index (χ3n) is 0.633. The number of methoxy groups -OCH3 is 1. The summed E-state index contributed by atoms with van der Waals surface area (Å²) in [5.74, 6) is 0. The molecule has 0 aromatic heterocycles. The topological polar surface area (TPSA) is 9.23 Å². The highest BCUT2D eigenvalue weighted by atomic mass is 19.3. The highest BCUT2D eigenvalue weighted by Crippen LogP contribution is 2.14. The molecule has 48 valence electrons. The zero-order chi connectivity index (χ0) is 6.62. The van der Waals surface area contributed by atoms with Gasteiger partial charge in [0, 0.05) is 13.2 Å². The van der Waals surface area contributed by atoms with E-state index in [1.54, 1.807) is 0 Å². The van der Waals surface area contributed by atoms with Gasteiger partial charge in [0.1, 0.15) is 0 Å². The van der Waals surface area contributed by atoms with Crippen LogP contribution in [0.15, 0.2) is 12.2 Å². The number of hydrogen-bond donors (Lipinski definition) is 0.